The average molecular weight is 277 g/mol. The van der Waals surface area contributed by atoms with Crippen LogP contribution in [0, 0.1) is 5.82 Å². The number of nitrogens with zero attached hydrogens (tertiary/aromatic N) is 2. The van der Waals surface area contributed by atoms with Gasteiger partial charge in [0.1, 0.15) is 18.2 Å². The summed E-state index contributed by atoms with van der Waals surface area (Å²) in [6.45, 7) is 1.45. The van der Waals surface area contributed by atoms with Gasteiger partial charge in [-0.1, -0.05) is 0 Å². The predicted molar refractivity (Wildman–Crippen MR) is 71.9 cm³/mol. The highest BCUT2D eigenvalue weighted by molar-refractivity contribution is 5.78. The normalized spacial score (nSPS) is 18.9. The lowest BCUT2D eigenvalue weighted by Gasteiger charge is -2.15. The molecule has 0 saturated carbocycles. The molecule has 1 atom stereocenters. The lowest BCUT2D eigenvalue weighted by atomic mass is 10.1. The number of amides is 1. The molecule has 1 saturated heterocycles. The first-order valence-electron chi connectivity index (χ1n) is 6.59. The molecule has 1 fully saturated rings. The van der Waals surface area contributed by atoms with E-state index in [0.717, 1.165) is 17.8 Å². The van der Waals surface area contributed by atoms with Crippen molar-refractivity contribution in [3.8, 4) is 0 Å². The molecule has 6 heteroatoms. The number of fused-ring (bicyclic) bond motifs is 1. The van der Waals surface area contributed by atoms with Gasteiger partial charge >= 0.3 is 0 Å². The molecule has 0 unspecified atom stereocenters. The number of nitrogens with one attached hydrogen (secondary N) is 1. The summed E-state index contributed by atoms with van der Waals surface area (Å²) in [6, 6.07) is 4.50. The molecule has 1 aromatic carbocycles. The minimum atomic E-state index is -0.281. The second kappa shape index (κ2) is 5.20. The molecule has 0 radical (unpaired) electrons. The SMILES string of the molecule is COCC(=O)N1CC[C@H](c2nc3ccc(F)cc3[nH]2)C1. The summed E-state index contributed by atoms with van der Waals surface area (Å²) in [7, 11) is 1.51. The molecule has 20 heavy (non-hydrogen) atoms. The molecular weight excluding hydrogens is 261 g/mol. The van der Waals surface area contributed by atoms with Crippen molar-refractivity contribution >= 4 is 16.9 Å². The van der Waals surface area contributed by atoms with Crippen LogP contribution < -0.4 is 0 Å². The van der Waals surface area contributed by atoms with Crippen molar-refractivity contribution in [3.05, 3.63) is 29.8 Å². The molecule has 1 aliphatic rings. The Hall–Kier alpha value is -1.95. The van der Waals surface area contributed by atoms with E-state index < -0.39 is 0 Å². The van der Waals surface area contributed by atoms with Gasteiger partial charge in [0, 0.05) is 26.1 Å². The smallest absolute Gasteiger partial charge is 0.248 e. The first-order valence-corrected chi connectivity index (χ1v) is 6.59. The summed E-state index contributed by atoms with van der Waals surface area (Å²) in [6.07, 6.45) is 0.859. The van der Waals surface area contributed by atoms with Crippen molar-refractivity contribution in [1.29, 1.82) is 0 Å². The predicted octanol–water partition coefficient (Wildman–Crippen LogP) is 1.66. The number of benzene rings is 1. The van der Waals surface area contributed by atoms with Crippen LogP contribution >= 0.6 is 0 Å². The monoisotopic (exact) mass is 277 g/mol. The van der Waals surface area contributed by atoms with E-state index in [1.54, 1.807) is 11.0 Å². The molecule has 0 spiro atoms. The summed E-state index contributed by atoms with van der Waals surface area (Å²) < 4.78 is 18.0. The fourth-order valence-corrected chi connectivity index (χ4v) is 2.62. The molecule has 0 aliphatic carbocycles. The second-order valence-electron chi connectivity index (χ2n) is 5.04. The number of rotatable bonds is 3. The number of aromatic nitrogens is 2. The van der Waals surface area contributed by atoms with Crippen LogP contribution in [-0.2, 0) is 9.53 Å². The fraction of sp³-hybridized carbons (Fsp3) is 0.429. The van der Waals surface area contributed by atoms with E-state index in [1.807, 2.05) is 0 Å². The summed E-state index contributed by atoms with van der Waals surface area (Å²) in [4.78, 5) is 21.2. The number of imidazole rings is 1. The Bertz CT molecular complexity index is 640. The highest BCUT2D eigenvalue weighted by atomic mass is 19.1. The maximum absolute atomic E-state index is 13.2. The molecule has 1 amide bonds. The van der Waals surface area contributed by atoms with E-state index in [2.05, 4.69) is 9.97 Å². The van der Waals surface area contributed by atoms with Gasteiger partial charge in [-0.15, -0.1) is 0 Å². The number of halogens is 1. The lowest BCUT2D eigenvalue weighted by Crippen LogP contribution is -2.31. The first kappa shape index (κ1) is 13.1. The van der Waals surface area contributed by atoms with Crippen molar-refractivity contribution < 1.29 is 13.9 Å². The van der Waals surface area contributed by atoms with Crippen molar-refractivity contribution in [1.82, 2.24) is 14.9 Å². The Morgan fingerprint density at radius 1 is 1.60 bits per heavy atom. The average Bonchev–Trinajstić information content (AvgIpc) is 3.04. The Balaban J connectivity index is 1.77. The van der Waals surface area contributed by atoms with E-state index in [1.165, 1.54) is 19.2 Å². The van der Waals surface area contributed by atoms with Gasteiger partial charge < -0.3 is 14.6 Å². The van der Waals surface area contributed by atoms with Crippen molar-refractivity contribution in [2.75, 3.05) is 26.8 Å². The van der Waals surface area contributed by atoms with E-state index >= 15 is 0 Å². The number of likely N-dealkylation sites (tertiary alicyclic amines) is 1. The van der Waals surface area contributed by atoms with Gasteiger partial charge in [-0.05, 0) is 24.6 Å². The maximum atomic E-state index is 13.2. The molecular formula is C14H16FN3O2. The fourth-order valence-electron chi connectivity index (χ4n) is 2.62. The number of hydrogen-bond acceptors (Lipinski definition) is 3. The number of methoxy groups -OCH3 is 1. The minimum absolute atomic E-state index is 0.00263. The highest BCUT2D eigenvalue weighted by Gasteiger charge is 2.29. The van der Waals surface area contributed by atoms with Gasteiger partial charge in [0.15, 0.2) is 0 Å². The quantitative estimate of drug-likeness (QED) is 0.928. The highest BCUT2D eigenvalue weighted by Crippen LogP contribution is 2.27. The van der Waals surface area contributed by atoms with Crippen LogP contribution in [0.25, 0.3) is 11.0 Å². The maximum Gasteiger partial charge on any atom is 0.248 e. The van der Waals surface area contributed by atoms with Crippen LogP contribution in [0.3, 0.4) is 0 Å². The van der Waals surface area contributed by atoms with E-state index in [-0.39, 0.29) is 24.2 Å². The Morgan fingerprint density at radius 2 is 2.45 bits per heavy atom. The van der Waals surface area contributed by atoms with Crippen LogP contribution in [0.1, 0.15) is 18.2 Å². The van der Waals surface area contributed by atoms with Crippen molar-refractivity contribution in [2.45, 2.75) is 12.3 Å². The molecule has 3 rings (SSSR count). The zero-order chi connectivity index (χ0) is 14.1. The standard InChI is InChI=1S/C14H16FN3O2/c1-20-8-13(19)18-5-4-9(7-18)14-16-11-3-2-10(15)6-12(11)17-14/h2-3,6,9H,4-5,7-8H2,1H3,(H,16,17)/t9-/m0/s1. The van der Waals surface area contributed by atoms with E-state index in [4.69, 9.17) is 4.74 Å². The van der Waals surface area contributed by atoms with E-state index in [9.17, 15) is 9.18 Å². The van der Waals surface area contributed by atoms with E-state index in [0.29, 0.717) is 18.6 Å². The van der Waals surface area contributed by atoms with Crippen LogP contribution in [0.5, 0.6) is 0 Å². The van der Waals surface area contributed by atoms with Gasteiger partial charge in [-0.3, -0.25) is 4.79 Å². The zero-order valence-electron chi connectivity index (χ0n) is 11.2. The third-order valence-electron chi connectivity index (χ3n) is 3.66. The van der Waals surface area contributed by atoms with Crippen LogP contribution in [0.2, 0.25) is 0 Å². The van der Waals surface area contributed by atoms with Gasteiger partial charge in [0.05, 0.1) is 11.0 Å². The molecule has 1 N–H and O–H groups in total. The molecule has 106 valence electrons. The van der Waals surface area contributed by atoms with Gasteiger partial charge in [0.25, 0.3) is 0 Å². The summed E-state index contributed by atoms with van der Waals surface area (Å²) in [5.41, 5.74) is 1.45. The zero-order valence-corrected chi connectivity index (χ0v) is 11.2. The van der Waals surface area contributed by atoms with Crippen LogP contribution in [0.4, 0.5) is 4.39 Å². The van der Waals surface area contributed by atoms with Crippen molar-refractivity contribution in [2.24, 2.45) is 0 Å². The number of carbonyl (C=O) groups is 1. The topological polar surface area (TPSA) is 58.2 Å². The Kier molecular flexibility index (Phi) is 3.40. The number of carbonyl (C=O) groups excluding carboxylic acids is 1. The molecule has 0 bridgehead atoms. The third kappa shape index (κ3) is 2.38. The number of ether oxygens (including phenoxy) is 1. The number of H-pyrrole nitrogens is 1. The Labute approximate surface area is 115 Å². The molecule has 2 heterocycles. The summed E-state index contributed by atoms with van der Waals surface area (Å²) in [5, 5.41) is 0. The molecule has 5 nitrogen and oxygen atoms in total. The summed E-state index contributed by atoms with van der Waals surface area (Å²) in [5.74, 6) is 0.706. The minimum Gasteiger partial charge on any atom is -0.375 e. The third-order valence-corrected chi connectivity index (χ3v) is 3.66. The molecule has 1 aliphatic heterocycles. The summed E-state index contributed by atoms with van der Waals surface area (Å²) >= 11 is 0. The first-order chi connectivity index (χ1) is 9.67. The second-order valence-corrected chi connectivity index (χ2v) is 5.04. The van der Waals surface area contributed by atoms with Crippen LogP contribution in [0.15, 0.2) is 18.2 Å². The molecule has 1 aromatic heterocycles. The molecule has 2 aromatic rings. The van der Waals surface area contributed by atoms with Crippen molar-refractivity contribution in [3.63, 3.8) is 0 Å². The Morgan fingerprint density at radius 3 is 3.25 bits per heavy atom. The number of aromatic amines is 1. The van der Waals surface area contributed by atoms with Gasteiger partial charge in [-0.2, -0.15) is 0 Å². The lowest BCUT2D eigenvalue weighted by molar-refractivity contribution is -0.134. The van der Waals surface area contributed by atoms with Gasteiger partial charge in [0.2, 0.25) is 5.91 Å². The van der Waals surface area contributed by atoms with Gasteiger partial charge in [-0.25, -0.2) is 9.37 Å². The largest absolute Gasteiger partial charge is 0.375 e. The number of hydrogen-bond donors (Lipinski definition) is 1. The van der Waals surface area contributed by atoms with Crippen LogP contribution in [-0.4, -0.2) is 47.6 Å².